The van der Waals surface area contributed by atoms with Crippen LogP contribution in [0.15, 0.2) is 54.6 Å². The Morgan fingerprint density at radius 3 is 2.18 bits per heavy atom. The first-order valence-electron chi connectivity index (χ1n) is 10.7. The SMILES string of the molecule is CC(=O)N(C)c1ccc(-c2cc(O)c(C(=N)C(=O)Nc3ccc(C#N)cc3C(=O)O)cc2C(F)(F)F)cc1. The number of phenolic OH excluding ortho intramolecular Hbond substituents is 1. The van der Waals surface area contributed by atoms with Crippen LogP contribution < -0.4 is 10.2 Å². The molecule has 3 aromatic rings. The number of amides is 2. The zero-order chi connectivity index (χ0) is 28.4. The number of phenols is 1. The second-order valence-electron chi connectivity index (χ2n) is 8.04. The van der Waals surface area contributed by atoms with Gasteiger partial charge in [-0.2, -0.15) is 18.4 Å². The minimum Gasteiger partial charge on any atom is -0.507 e. The lowest BCUT2D eigenvalue weighted by Gasteiger charge is -2.18. The van der Waals surface area contributed by atoms with E-state index >= 15 is 0 Å². The molecule has 0 aliphatic rings. The van der Waals surface area contributed by atoms with Crippen molar-refractivity contribution in [1.82, 2.24) is 0 Å². The molecular weight excluding hydrogens is 505 g/mol. The van der Waals surface area contributed by atoms with E-state index in [0.717, 1.165) is 18.2 Å². The summed E-state index contributed by atoms with van der Waals surface area (Å²) in [5.74, 6) is -3.86. The van der Waals surface area contributed by atoms with E-state index in [-0.39, 0.29) is 22.7 Å². The van der Waals surface area contributed by atoms with Crippen molar-refractivity contribution in [3.05, 3.63) is 76.9 Å². The summed E-state index contributed by atoms with van der Waals surface area (Å²) in [7, 11) is 1.49. The van der Waals surface area contributed by atoms with Gasteiger partial charge in [-0.05, 0) is 53.6 Å². The van der Waals surface area contributed by atoms with Gasteiger partial charge < -0.3 is 20.4 Å². The van der Waals surface area contributed by atoms with Gasteiger partial charge in [0.2, 0.25) is 5.91 Å². The van der Waals surface area contributed by atoms with Crippen molar-refractivity contribution in [2.75, 3.05) is 17.3 Å². The van der Waals surface area contributed by atoms with Gasteiger partial charge in [0.25, 0.3) is 5.91 Å². The molecule has 4 N–H and O–H groups in total. The Bertz CT molecular complexity index is 1510. The standard InChI is InChI=1S/C26H19F3N4O5/c1-13(34)33(2)16-6-4-15(5-7-16)17-11-22(35)19(10-20(17)26(27,28)29)23(31)24(36)32-21-8-3-14(12-30)9-18(21)25(37)38/h3-11,31,35H,1-2H3,(H,32,36)(H,37,38). The van der Waals surface area contributed by atoms with Gasteiger partial charge in [0, 0.05) is 25.2 Å². The molecule has 0 unspecified atom stereocenters. The molecule has 0 saturated heterocycles. The number of nitrogens with zero attached hydrogens (tertiary/aromatic N) is 2. The maximum Gasteiger partial charge on any atom is 0.417 e. The largest absolute Gasteiger partial charge is 0.507 e. The maximum absolute atomic E-state index is 14.0. The van der Waals surface area contributed by atoms with Crippen LogP contribution in [-0.2, 0) is 15.8 Å². The zero-order valence-electron chi connectivity index (χ0n) is 19.8. The average Bonchev–Trinajstić information content (AvgIpc) is 2.87. The molecule has 0 radical (unpaired) electrons. The fraction of sp³-hybridized carbons (Fsp3) is 0.115. The summed E-state index contributed by atoms with van der Waals surface area (Å²) < 4.78 is 42.0. The second-order valence-corrected chi connectivity index (χ2v) is 8.04. The number of carbonyl (C=O) groups excluding carboxylic acids is 2. The zero-order valence-corrected chi connectivity index (χ0v) is 19.8. The van der Waals surface area contributed by atoms with Gasteiger partial charge in [-0.25, -0.2) is 4.79 Å². The van der Waals surface area contributed by atoms with Gasteiger partial charge in [0.05, 0.1) is 28.4 Å². The Balaban J connectivity index is 2.01. The smallest absolute Gasteiger partial charge is 0.417 e. The Hall–Kier alpha value is -5.18. The number of anilines is 2. The lowest BCUT2D eigenvalue weighted by Crippen LogP contribution is -2.25. The van der Waals surface area contributed by atoms with Gasteiger partial charge in [0.1, 0.15) is 11.5 Å². The number of alkyl halides is 3. The number of carbonyl (C=O) groups is 3. The predicted molar refractivity (Wildman–Crippen MR) is 131 cm³/mol. The lowest BCUT2D eigenvalue weighted by atomic mass is 9.94. The molecule has 0 spiro atoms. The second kappa shape index (κ2) is 10.4. The highest BCUT2D eigenvalue weighted by molar-refractivity contribution is 6.48. The van der Waals surface area contributed by atoms with E-state index in [1.54, 1.807) is 6.07 Å². The number of nitrogens with one attached hydrogen (secondary N) is 2. The van der Waals surface area contributed by atoms with Crippen molar-refractivity contribution >= 4 is 34.9 Å². The van der Waals surface area contributed by atoms with Crippen LogP contribution in [0, 0.1) is 16.7 Å². The van der Waals surface area contributed by atoms with Gasteiger partial charge in [0.15, 0.2) is 0 Å². The summed E-state index contributed by atoms with van der Waals surface area (Å²) >= 11 is 0. The molecule has 12 heteroatoms. The number of halogens is 3. The molecule has 0 aromatic heterocycles. The molecule has 0 aliphatic carbocycles. The predicted octanol–water partition coefficient (Wildman–Crippen LogP) is 4.64. The Labute approximate surface area is 213 Å². The molecule has 0 aliphatic heterocycles. The third-order valence-corrected chi connectivity index (χ3v) is 5.60. The summed E-state index contributed by atoms with van der Waals surface area (Å²) in [4.78, 5) is 37.0. The summed E-state index contributed by atoms with van der Waals surface area (Å²) in [5.41, 5.74) is -3.76. The number of carboxylic acid groups (broad SMARTS) is 1. The van der Waals surface area contributed by atoms with Gasteiger partial charge in [-0.1, -0.05) is 12.1 Å². The Morgan fingerprint density at radius 2 is 1.66 bits per heavy atom. The van der Waals surface area contributed by atoms with Gasteiger partial charge >= 0.3 is 12.1 Å². The number of benzene rings is 3. The van der Waals surface area contributed by atoms with Gasteiger partial charge in [-0.3, -0.25) is 15.0 Å². The third kappa shape index (κ3) is 5.62. The summed E-state index contributed by atoms with van der Waals surface area (Å²) in [6.45, 7) is 1.32. The number of rotatable bonds is 6. The molecule has 0 saturated carbocycles. The molecule has 0 fully saturated rings. The molecule has 0 atom stereocenters. The number of aromatic carboxylic acids is 1. The van der Waals surface area contributed by atoms with Crippen molar-refractivity contribution < 1.29 is 37.8 Å². The number of carboxylic acids is 1. The number of nitriles is 1. The maximum atomic E-state index is 14.0. The van der Waals surface area contributed by atoms with E-state index in [2.05, 4.69) is 5.32 Å². The molecule has 3 rings (SSSR count). The number of hydrogen-bond acceptors (Lipinski definition) is 6. The van der Waals surface area contributed by atoms with Crippen molar-refractivity contribution in [2.45, 2.75) is 13.1 Å². The summed E-state index contributed by atoms with van der Waals surface area (Å²) in [5, 5.41) is 39.0. The topological polar surface area (TPSA) is 155 Å². The van der Waals surface area contributed by atoms with Crippen molar-refractivity contribution in [3.63, 3.8) is 0 Å². The van der Waals surface area contributed by atoms with E-state index in [1.807, 2.05) is 0 Å². The third-order valence-electron chi connectivity index (χ3n) is 5.60. The van der Waals surface area contributed by atoms with Crippen LogP contribution in [-0.4, -0.2) is 40.8 Å². The first-order chi connectivity index (χ1) is 17.7. The van der Waals surface area contributed by atoms with Crippen molar-refractivity contribution in [3.8, 4) is 22.9 Å². The van der Waals surface area contributed by atoms with E-state index in [9.17, 15) is 37.8 Å². The van der Waals surface area contributed by atoms with Crippen molar-refractivity contribution in [1.29, 1.82) is 10.7 Å². The van der Waals surface area contributed by atoms with Crippen LogP contribution in [0.4, 0.5) is 24.5 Å². The molecule has 38 heavy (non-hydrogen) atoms. The molecule has 3 aromatic carbocycles. The molecule has 0 bridgehead atoms. The van der Waals surface area contributed by atoms with Gasteiger partial charge in [-0.15, -0.1) is 0 Å². The van der Waals surface area contributed by atoms with Crippen LogP contribution >= 0.6 is 0 Å². The van der Waals surface area contributed by atoms with E-state index in [0.29, 0.717) is 11.8 Å². The Kier molecular flexibility index (Phi) is 7.53. The van der Waals surface area contributed by atoms with Crippen LogP contribution in [0.1, 0.15) is 34.0 Å². The quantitative estimate of drug-likeness (QED) is 0.345. The van der Waals surface area contributed by atoms with Crippen LogP contribution in [0.5, 0.6) is 5.75 Å². The molecule has 0 heterocycles. The molecule has 9 nitrogen and oxygen atoms in total. The van der Waals surface area contributed by atoms with E-state index < -0.39 is 51.8 Å². The minimum atomic E-state index is -4.94. The first kappa shape index (κ1) is 27.4. The lowest BCUT2D eigenvalue weighted by molar-refractivity contribution is -0.137. The fourth-order valence-electron chi connectivity index (χ4n) is 3.52. The van der Waals surface area contributed by atoms with Crippen molar-refractivity contribution in [2.24, 2.45) is 0 Å². The minimum absolute atomic E-state index is 0.0144. The highest BCUT2D eigenvalue weighted by Gasteiger charge is 2.36. The highest BCUT2D eigenvalue weighted by atomic mass is 19.4. The Morgan fingerprint density at radius 1 is 1.03 bits per heavy atom. The van der Waals surface area contributed by atoms with Crippen LogP contribution in [0.2, 0.25) is 0 Å². The number of hydrogen-bond donors (Lipinski definition) is 4. The fourth-order valence-corrected chi connectivity index (χ4v) is 3.52. The molecule has 2 amide bonds. The van der Waals surface area contributed by atoms with E-state index in [4.69, 9.17) is 10.7 Å². The molecular formula is C26H19F3N4O5. The normalized spacial score (nSPS) is 10.8. The monoisotopic (exact) mass is 524 g/mol. The van der Waals surface area contributed by atoms with E-state index in [1.165, 1.54) is 49.2 Å². The highest BCUT2D eigenvalue weighted by Crippen LogP contribution is 2.41. The first-order valence-corrected chi connectivity index (χ1v) is 10.7. The van der Waals surface area contributed by atoms with Crippen LogP contribution in [0.25, 0.3) is 11.1 Å². The summed E-state index contributed by atoms with van der Waals surface area (Å²) in [6.07, 6.45) is -4.94. The molecule has 194 valence electrons. The van der Waals surface area contributed by atoms with Crippen LogP contribution in [0.3, 0.4) is 0 Å². The summed E-state index contributed by atoms with van der Waals surface area (Å²) in [6, 6.07) is 11.8. The number of aromatic hydroxyl groups is 1. The average molecular weight is 524 g/mol.